The summed E-state index contributed by atoms with van der Waals surface area (Å²) < 4.78 is 14.5. The second kappa shape index (κ2) is 10.1. The monoisotopic (exact) mass is 421 g/mol. The predicted molar refractivity (Wildman–Crippen MR) is 102 cm³/mol. The summed E-state index contributed by atoms with van der Waals surface area (Å²) in [6, 6.07) is 14.1. The van der Waals surface area contributed by atoms with Gasteiger partial charge in [-0.15, -0.1) is 11.8 Å². The van der Waals surface area contributed by atoms with Crippen molar-refractivity contribution in [3.63, 3.8) is 0 Å². The first kappa shape index (κ1) is 19.3. The number of thioether (sulfide) groups is 1. The number of hydrogen-bond acceptors (Lipinski definition) is 4. The Bertz CT molecular complexity index is 779. The lowest BCUT2D eigenvalue weighted by Gasteiger charge is -2.10. The summed E-state index contributed by atoms with van der Waals surface area (Å²) in [4.78, 5) is 12.9. The summed E-state index contributed by atoms with van der Waals surface area (Å²) in [5.41, 5.74) is 0.417. The third-order valence-electron chi connectivity index (χ3n) is 3.31. The molecular formula is C18H17BrFN3OS. The van der Waals surface area contributed by atoms with E-state index in [9.17, 15) is 9.18 Å². The molecule has 0 fully saturated rings. The third kappa shape index (κ3) is 6.07. The zero-order valence-corrected chi connectivity index (χ0v) is 15.8. The summed E-state index contributed by atoms with van der Waals surface area (Å²) in [7, 11) is 0. The largest absolute Gasteiger partial charge is 0.382 e. The molecule has 2 rings (SSSR count). The van der Waals surface area contributed by atoms with E-state index in [0.29, 0.717) is 31.0 Å². The molecule has 0 aromatic heterocycles. The van der Waals surface area contributed by atoms with Gasteiger partial charge < -0.3 is 10.6 Å². The number of carbonyl (C=O) groups is 1. The molecule has 4 nitrogen and oxygen atoms in total. The van der Waals surface area contributed by atoms with E-state index >= 15 is 0 Å². The molecule has 0 radical (unpaired) electrons. The summed E-state index contributed by atoms with van der Waals surface area (Å²) in [5.74, 6) is 0.0893. The first-order chi connectivity index (χ1) is 12.1. The maximum absolute atomic E-state index is 13.5. The molecule has 0 bridgehead atoms. The first-order valence-corrected chi connectivity index (χ1v) is 9.46. The minimum atomic E-state index is -0.555. The van der Waals surface area contributed by atoms with E-state index in [1.165, 1.54) is 12.1 Å². The van der Waals surface area contributed by atoms with E-state index in [2.05, 4.69) is 26.6 Å². The number of rotatable bonds is 8. The number of anilines is 1. The SMILES string of the molecule is N#Cc1c(F)cccc1NCCNC(=O)CCSc1ccccc1Br. The van der Waals surface area contributed by atoms with Gasteiger partial charge in [-0.05, 0) is 40.2 Å². The maximum atomic E-state index is 13.5. The summed E-state index contributed by atoms with van der Waals surface area (Å²) in [6.07, 6.45) is 0.412. The molecule has 0 saturated carbocycles. The van der Waals surface area contributed by atoms with Crippen molar-refractivity contribution >= 4 is 39.3 Å². The molecule has 0 aliphatic rings. The van der Waals surface area contributed by atoms with Crippen molar-refractivity contribution in [1.29, 1.82) is 5.26 Å². The van der Waals surface area contributed by atoms with Gasteiger partial charge in [-0.1, -0.05) is 18.2 Å². The van der Waals surface area contributed by atoms with Crippen molar-refractivity contribution in [3.8, 4) is 6.07 Å². The Hall–Kier alpha value is -2.04. The van der Waals surface area contributed by atoms with Crippen molar-refractivity contribution in [2.24, 2.45) is 0 Å². The molecular weight excluding hydrogens is 405 g/mol. The number of nitriles is 1. The molecule has 2 aromatic carbocycles. The lowest BCUT2D eigenvalue weighted by molar-refractivity contribution is -0.120. The Morgan fingerprint density at radius 2 is 2.00 bits per heavy atom. The van der Waals surface area contributed by atoms with Gasteiger partial charge in [0.2, 0.25) is 5.91 Å². The van der Waals surface area contributed by atoms with Crippen molar-refractivity contribution < 1.29 is 9.18 Å². The van der Waals surface area contributed by atoms with Gasteiger partial charge in [0.25, 0.3) is 0 Å². The molecule has 130 valence electrons. The fraction of sp³-hybridized carbons (Fsp3) is 0.222. The second-order valence-electron chi connectivity index (χ2n) is 5.08. The van der Waals surface area contributed by atoms with Crippen molar-refractivity contribution in [1.82, 2.24) is 5.32 Å². The summed E-state index contributed by atoms with van der Waals surface area (Å²) >= 11 is 5.09. The van der Waals surface area contributed by atoms with Crippen LogP contribution in [0.2, 0.25) is 0 Å². The van der Waals surface area contributed by atoms with Gasteiger partial charge in [0, 0.05) is 34.6 Å². The van der Waals surface area contributed by atoms with E-state index in [0.717, 1.165) is 9.37 Å². The highest BCUT2D eigenvalue weighted by molar-refractivity contribution is 9.10. The van der Waals surface area contributed by atoms with Crippen LogP contribution in [0.5, 0.6) is 0 Å². The smallest absolute Gasteiger partial charge is 0.220 e. The molecule has 2 N–H and O–H groups in total. The molecule has 0 aliphatic carbocycles. The Labute approximate surface area is 158 Å². The highest BCUT2D eigenvalue weighted by Crippen LogP contribution is 2.27. The molecule has 0 unspecified atom stereocenters. The highest BCUT2D eigenvalue weighted by atomic mass is 79.9. The Morgan fingerprint density at radius 3 is 2.76 bits per heavy atom. The summed E-state index contributed by atoms with van der Waals surface area (Å²) in [5, 5.41) is 14.7. The van der Waals surface area contributed by atoms with Crippen LogP contribution in [-0.4, -0.2) is 24.7 Å². The molecule has 0 saturated heterocycles. The molecule has 0 spiro atoms. The van der Waals surface area contributed by atoms with Crippen LogP contribution >= 0.6 is 27.7 Å². The topological polar surface area (TPSA) is 64.9 Å². The van der Waals surface area contributed by atoms with Gasteiger partial charge in [-0.3, -0.25) is 4.79 Å². The first-order valence-electron chi connectivity index (χ1n) is 7.68. The van der Waals surface area contributed by atoms with Crippen LogP contribution in [0.15, 0.2) is 51.8 Å². The van der Waals surface area contributed by atoms with Gasteiger partial charge in [0.15, 0.2) is 0 Å². The lowest BCUT2D eigenvalue weighted by Crippen LogP contribution is -2.29. The molecule has 0 aliphatic heterocycles. The van der Waals surface area contributed by atoms with Crippen LogP contribution in [0.4, 0.5) is 10.1 Å². The van der Waals surface area contributed by atoms with Gasteiger partial charge in [0.05, 0.1) is 5.69 Å². The van der Waals surface area contributed by atoms with Crippen molar-refractivity contribution in [2.45, 2.75) is 11.3 Å². The lowest BCUT2D eigenvalue weighted by atomic mass is 10.2. The van der Waals surface area contributed by atoms with E-state index < -0.39 is 5.82 Å². The van der Waals surface area contributed by atoms with E-state index in [4.69, 9.17) is 5.26 Å². The average molecular weight is 422 g/mol. The molecule has 0 heterocycles. The normalized spacial score (nSPS) is 10.1. The predicted octanol–water partition coefficient (Wildman–Crippen LogP) is 4.17. The van der Waals surface area contributed by atoms with Crippen LogP contribution in [0.1, 0.15) is 12.0 Å². The molecule has 2 aromatic rings. The van der Waals surface area contributed by atoms with Crippen LogP contribution < -0.4 is 10.6 Å². The van der Waals surface area contributed by atoms with Crippen LogP contribution in [0, 0.1) is 17.1 Å². The van der Waals surface area contributed by atoms with E-state index in [-0.39, 0.29) is 11.5 Å². The van der Waals surface area contributed by atoms with Gasteiger partial charge in [-0.25, -0.2) is 4.39 Å². The number of carbonyl (C=O) groups excluding carboxylic acids is 1. The number of amides is 1. The molecule has 1 amide bonds. The summed E-state index contributed by atoms with van der Waals surface area (Å²) in [6.45, 7) is 0.821. The van der Waals surface area contributed by atoms with Crippen molar-refractivity contribution in [3.05, 3.63) is 58.3 Å². The fourth-order valence-electron chi connectivity index (χ4n) is 2.09. The van der Waals surface area contributed by atoms with E-state index in [1.807, 2.05) is 30.3 Å². The minimum Gasteiger partial charge on any atom is -0.382 e. The fourth-order valence-corrected chi connectivity index (χ4v) is 3.60. The number of halogens is 2. The zero-order chi connectivity index (χ0) is 18.1. The minimum absolute atomic E-state index is 0.0151. The maximum Gasteiger partial charge on any atom is 0.220 e. The Balaban J connectivity index is 1.67. The Kier molecular flexibility index (Phi) is 7.76. The van der Waals surface area contributed by atoms with Crippen LogP contribution in [-0.2, 0) is 4.79 Å². The number of nitrogens with zero attached hydrogens (tertiary/aromatic N) is 1. The number of nitrogens with one attached hydrogen (secondary N) is 2. The second-order valence-corrected chi connectivity index (χ2v) is 7.07. The average Bonchev–Trinajstić information content (AvgIpc) is 2.60. The van der Waals surface area contributed by atoms with Gasteiger partial charge in [-0.2, -0.15) is 5.26 Å². The quantitative estimate of drug-likeness (QED) is 0.495. The third-order valence-corrected chi connectivity index (χ3v) is 5.34. The van der Waals surface area contributed by atoms with Crippen LogP contribution in [0.3, 0.4) is 0 Å². The Morgan fingerprint density at radius 1 is 1.20 bits per heavy atom. The zero-order valence-electron chi connectivity index (χ0n) is 13.4. The standard InChI is InChI=1S/C18H17BrFN3OS/c19-14-4-1-2-7-17(14)25-11-8-18(24)23-10-9-22-16-6-3-5-15(20)13(16)12-21/h1-7,22H,8-11H2,(H,23,24). The highest BCUT2D eigenvalue weighted by Gasteiger charge is 2.07. The van der Waals surface area contributed by atoms with Crippen molar-refractivity contribution in [2.75, 3.05) is 24.2 Å². The molecule has 0 atom stereocenters. The molecule has 7 heteroatoms. The van der Waals surface area contributed by atoms with Gasteiger partial charge >= 0.3 is 0 Å². The number of hydrogen-bond donors (Lipinski definition) is 2. The number of benzene rings is 2. The van der Waals surface area contributed by atoms with E-state index in [1.54, 1.807) is 17.8 Å². The van der Waals surface area contributed by atoms with Gasteiger partial charge in [0.1, 0.15) is 17.4 Å². The molecule has 25 heavy (non-hydrogen) atoms. The van der Waals surface area contributed by atoms with Crippen LogP contribution in [0.25, 0.3) is 0 Å².